The van der Waals surface area contributed by atoms with Crippen molar-refractivity contribution >= 4 is 21.5 Å². The summed E-state index contributed by atoms with van der Waals surface area (Å²) in [6.07, 6.45) is -4.98. The SMILES string of the molecule is Cc1ccc(-c2ccc3c(F)c(-c4cc(F)c(-c5ccc6c(F)c(C#CC(F)(F)F)c(F)cc6c5)c(F)c4)c(F)cc3c2)cc1. The van der Waals surface area contributed by atoms with Gasteiger partial charge >= 0.3 is 6.18 Å². The van der Waals surface area contributed by atoms with E-state index in [9.17, 15) is 22.0 Å². The molecule has 0 atom stereocenters. The summed E-state index contributed by atoms with van der Waals surface area (Å²) in [6, 6.07) is 18.6. The molecule has 45 heavy (non-hydrogen) atoms. The Hall–Kier alpha value is -5.23. The molecule has 0 spiro atoms. The van der Waals surface area contributed by atoms with Crippen LogP contribution >= 0.6 is 0 Å². The highest BCUT2D eigenvalue weighted by atomic mass is 19.4. The monoisotopic (exact) mass is 620 g/mol. The third-order valence-electron chi connectivity index (χ3n) is 7.39. The van der Waals surface area contributed by atoms with Gasteiger partial charge in [-0.05, 0) is 76.3 Å². The summed E-state index contributed by atoms with van der Waals surface area (Å²) in [5.74, 6) is -5.05. The highest BCUT2D eigenvalue weighted by Crippen LogP contribution is 2.38. The summed E-state index contributed by atoms with van der Waals surface area (Å²) >= 11 is 0. The molecule has 0 bridgehead atoms. The number of aryl methyl sites for hydroxylation is 1. The summed E-state index contributed by atoms with van der Waals surface area (Å²) in [4.78, 5) is 0. The van der Waals surface area contributed by atoms with E-state index in [1.54, 1.807) is 12.1 Å². The van der Waals surface area contributed by atoms with Gasteiger partial charge in [-0.25, -0.2) is 26.3 Å². The predicted molar refractivity (Wildman–Crippen MR) is 155 cm³/mol. The molecule has 9 heteroatoms. The second-order valence-corrected chi connectivity index (χ2v) is 10.4. The van der Waals surface area contributed by atoms with Crippen molar-refractivity contribution in [3.63, 3.8) is 0 Å². The Labute approximate surface area is 250 Å². The largest absolute Gasteiger partial charge is 0.458 e. The lowest BCUT2D eigenvalue weighted by Gasteiger charge is -2.13. The minimum absolute atomic E-state index is 0.0324. The van der Waals surface area contributed by atoms with Crippen LogP contribution in [0, 0.1) is 53.7 Å². The molecule has 0 aromatic heterocycles. The number of hydrogen-bond donors (Lipinski definition) is 0. The van der Waals surface area contributed by atoms with E-state index in [1.807, 2.05) is 31.2 Å². The molecule has 0 fully saturated rings. The highest BCUT2D eigenvalue weighted by Gasteiger charge is 2.25. The van der Waals surface area contributed by atoms with Gasteiger partial charge in [-0.15, -0.1) is 0 Å². The van der Waals surface area contributed by atoms with Crippen LogP contribution in [-0.2, 0) is 0 Å². The van der Waals surface area contributed by atoms with Gasteiger partial charge in [0, 0.05) is 16.7 Å². The number of fused-ring (bicyclic) bond motifs is 2. The van der Waals surface area contributed by atoms with Gasteiger partial charge in [0.15, 0.2) is 0 Å². The molecule has 6 aromatic rings. The van der Waals surface area contributed by atoms with Crippen molar-refractivity contribution in [3.05, 3.63) is 131 Å². The molecule has 0 amide bonds. The van der Waals surface area contributed by atoms with Gasteiger partial charge in [0.2, 0.25) is 0 Å². The van der Waals surface area contributed by atoms with Crippen LogP contribution in [0.2, 0.25) is 0 Å². The number of rotatable bonds is 3. The molecule has 0 saturated heterocycles. The third-order valence-corrected chi connectivity index (χ3v) is 7.39. The number of halogens is 9. The zero-order chi connectivity index (χ0) is 32.2. The number of hydrogen-bond acceptors (Lipinski definition) is 0. The molecule has 6 aromatic carbocycles. The Morgan fingerprint density at radius 2 is 1.00 bits per heavy atom. The van der Waals surface area contributed by atoms with Crippen LogP contribution in [0.4, 0.5) is 39.5 Å². The van der Waals surface area contributed by atoms with Crippen molar-refractivity contribution < 1.29 is 39.5 Å². The van der Waals surface area contributed by atoms with E-state index in [4.69, 9.17) is 0 Å². The van der Waals surface area contributed by atoms with Gasteiger partial charge in [-0.1, -0.05) is 60.0 Å². The minimum Gasteiger partial charge on any atom is -0.206 e. The summed E-state index contributed by atoms with van der Waals surface area (Å²) in [5.41, 5.74) is -0.406. The molecular weight excluding hydrogens is 603 g/mol. The minimum atomic E-state index is -4.98. The maximum atomic E-state index is 15.7. The summed E-state index contributed by atoms with van der Waals surface area (Å²) in [6.45, 7) is 1.93. The molecular formula is C36H17F9. The van der Waals surface area contributed by atoms with E-state index >= 15 is 17.6 Å². The quantitative estimate of drug-likeness (QED) is 0.136. The van der Waals surface area contributed by atoms with Crippen LogP contribution in [0.25, 0.3) is 54.9 Å². The molecule has 224 valence electrons. The Balaban J connectivity index is 1.40. The first-order valence-corrected chi connectivity index (χ1v) is 13.3. The average molecular weight is 621 g/mol. The molecule has 0 aliphatic carbocycles. The molecule has 0 aliphatic rings. The number of benzene rings is 6. The van der Waals surface area contributed by atoms with Crippen molar-refractivity contribution in [2.75, 3.05) is 0 Å². The lowest BCUT2D eigenvalue weighted by molar-refractivity contribution is -0.0696. The Morgan fingerprint density at radius 1 is 0.489 bits per heavy atom. The fourth-order valence-corrected chi connectivity index (χ4v) is 5.25. The van der Waals surface area contributed by atoms with Gasteiger partial charge in [0.25, 0.3) is 0 Å². The normalized spacial score (nSPS) is 11.6. The average Bonchev–Trinajstić information content (AvgIpc) is 2.96. The molecule has 0 N–H and O–H groups in total. The first-order valence-electron chi connectivity index (χ1n) is 13.3. The van der Waals surface area contributed by atoms with E-state index in [2.05, 4.69) is 0 Å². The van der Waals surface area contributed by atoms with Gasteiger partial charge < -0.3 is 0 Å². The molecule has 0 heterocycles. The van der Waals surface area contributed by atoms with Crippen LogP contribution in [-0.4, -0.2) is 6.18 Å². The van der Waals surface area contributed by atoms with Gasteiger partial charge in [-0.2, -0.15) is 13.2 Å². The van der Waals surface area contributed by atoms with Crippen molar-refractivity contribution in [2.45, 2.75) is 13.1 Å². The smallest absolute Gasteiger partial charge is 0.206 e. The van der Waals surface area contributed by atoms with Crippen LogP contribution < -0.4 is 0 Å². The molecule has 6 rings (SSSR count). The third kappa shape index (κ3) is 5.60. The summed E-state index contributed by atoms with van der Waals surface area (Å²) in [5, 5.41) is -0.271. The predicted octanol–water partition coefficient (Wildman–Crippen LogP) is 11.1. The Bertz CT molecular complexity index is 2200. The Morgan fingerprint density at radius 3 is 1.62 bits per heavy atom. The first-order chi connectivity index (χ1) is 21.3. The summed E-state index contributed by atoms with van der Waals surface area (Å²) < 4.78 is 128. The molecule has 0 radical (unpaired) electrons. The highest BCUT2D eigenvalue weighted by molar-refractivity contribution is 5.93. The van der Waals surface area contributed by atoms with E-state index in [0.29, 0.717) is 6.07 Å². The fourth-order valence-electron chi connectivity index (χ4n) is 5.25. The standard InChI is InChI=1S/C36H17F9/c1-18-2-4-19(5-3-18)20-6-8-26-22(12-20)15-31(40)33(35(26)42)24-16-29(38)32(30(39)17-24)21-7-9-25-23(13-21)14-28(37)27(34(25)41)10-11-36(43,44)45/h2-9,12-17H,1H3. The summed E-state index contributed by atoms with van der Waals surface area (Å²) in [7, 11) is 0. The van der Waals surface area contributed by atoms with Gasteiger partial charge in [-0.3, -0.25) is 0 Å². The number of alkyl halides is 3. The van der Waals surface area contributed by atoms with E-state index < -0.39 is 63.3 Å². The lowest BCUT2D eigenvalue weighted by atomic mass is 9.94. The molecule has 0 saturated carbocycles. The van der Waals surface area contributed by atoms with Crippen LogP contribution in [0.5, 0.6) is 0 Å². The zero-order valence-electron chi connectivity index (χ0n) is 23.0. The molecule has 0 aliphatic heterocycles. The van der Waals surface area contributed by atoms with Crippen molar-refractivity contribution in [3.8, 4) is 45.2 Å². The second kappa shape index (κ2) is 11.0. The van der Waals surface area contributed by atoms with Crippen LogP contribution in [0.15, 0.2) is 84.9 Å². The van der Waals surface area contributed by atoms with E-state index in [0.717, 1.165) is 59.0 Å². The van der Waals surface area contributed by atoms with Gasteiger partial charge in [0.05, 0.1) is 16.7 Å². The molecule has 0 nitrogen and oxygen atoms in total. The first kappa shape index (κ1) is 29.8. The Kier molecular flexibility index (Phi) is 7.32. The topological polar surface area (TPSA) is 0 Å². The maximum absolute atomic E-state index is 15.7. The van der Waals surface area contributed by atoms with Crippen molar-refractivity contribution in [1.29, 1.82) is 0 Å². The molecule has 0 unspecified atom stereocenters. The lowest BCUT2D eigenvalue weighted by Crippen LogP contribution is -2.02. The zero-order valence-corrected chi connectivity index (χ0v) is 23.0. The van der Waals surface area contributed by atoms with Crippen LogP contribution in [0.1, 0.15) is 11.1 Å². The van der Waals surface area contributed by atoms with E-state index in [-0.39, 0.29) is 27.1 Å². The maximum Gasteiger partial charge on any atom is 0.458 e. The fraction of sp³-hybridized carbons (Fsp3) is 0.0556. The second-order valence-electron chi connectivity index (χ2n) is 10.4. The van der Waals surface area contributed by atoms with Gasteiger partial charge in [0.1, 0.15) is 34.9 Å². The van der Waals surface area contributed by atoms with E-state index in [1.165, 1.54) is 12.0 Å². The van der Waals surface area contributed by atoms with Crippen molar-refractivity contribution in [2.24, 2.45) is 0 Å². The van der Waals surface area contributed by atoms with Crippen LogP contribution in [0.3, 0.4) is 0 Å². The van der Waals surface area contributed by atoms with Crippen molar-refractivity contribution in [1.82, 2.24) is 0 Å².